The van der Waals surface area contributed by atoms with Crippen LogP contribution in [0.2, 0.25) is 5.02 Å². The number of nitrogens with two attached hydrogens (primary N) is 1. The zero-order valence-electron chi connectivity index (χ0n) is 18.4. The van der Waals surface area contributed by atoms with E-state index < -0.39 is 5.54 Å². The number of fused-ring (bicyclic) bond motifs is 1. The summed E-state index contributed by atoms with van der Waals surface area (Å²) in [6.07, 6.45) is 5.79. The van der Waals surface area contributed by atoms with Crippen LogP contribution in [0.25, 0.3) is 23.1 Å². The van der Waals surface area contributed by atoms with Gasteiger partial charge in [-0.25, -0.2) is 9.97 Å². The Labute approximate surface area is 198 Å². The van der Waals surface area contributed by atoms with Gasteiger partial charge < -0.3 is 10.6 Å². The minimum absolute atomic E-state index is 0.567. The molecule has 0 aliphatic rings. The molecule has 3 aromatic rings. The second kappa shape index (κ2) is 10.7. The molecule has 0 aliphatic carbocycles. The summed E-state index contributed by atoms with van der Waals surface area (Å²) in [5.41, 5.74) is 9.02. The Hall–Kier alpha value is -1.79. The predicted octanol–water partition coefficient (Wildman–Crippen LogP) is 6.51. The highest BCUT2D eigenvalue weighted by Gasteiger charge is 2.26. The number of benzene rings is 2. The van der Waals surface area contributed by atoms with Gasteiger partial charge in [-0.2, -0.15) is 0 Å². The quantitative estimate of drug-likeness (QED) is 0.363. The van der Waals surface area contributed by atoms with Crippen LogP contribution in [-0.4, -0.2) is 34.5 Å². The molecule has 4 nitrogen and oxygen atoms in total. The molecule has 0 amide bonds. The molecular formula is C25H30BrClN4. The van der Waals surface area contributed by atoms with Crippen LogP contribution in [0.3, 0.4) is 0 Å². The van der Waals surface area contributed by atoms with Crippen LogP contribution in [0.15, 0.2) is 46.9 Å². The Morgan fingerprint density at radius 1 is 1.06 bits per heavy atom. The van der Waals surface area contributed by atoms with Gasteiger partial charge in [0.1, 0.15) is 0 Å². The molecule has 0 spiro atoms. The molecule has 3 rings (SSSR count). The molecule has 0 radical (unpaired) electrons. The smallest absolute Gasteiger partial charge is 0.152 e. The van der Waals surface area contributed by atoms with Crippen molar-refractivity contribution in [2.24, 2.45) is 5.73 Å². The van der Waals surface area contributed by atoms with Crippen LogP contribution >= 0.6 is 27.5 Å². The SMILES string of the molecule is CCN(CC)CCCC(C)(N)c1nc(C=Cc2ccc(Br)cc2)nc2cc(Cl)ccc12. The van der Waals surface area contributed by atoms with E-state index in [1.165, 1.54) is 0 Å². The van der Waals surface area contributed by atoms with Gasteiger partial charge in [-0.3, -0.25) is 0 Å². The fourth-order valence-corrected chi connectivity index (χ4v) is 4.13. The molecular weight excluding hydrogens is 472 g/mol. The number of nitrogens with zero attached hydrogens (tertiary/aromatic N) is 3. The molecule has 0 saturated carbocycles. The molecule has 0 fully saturated rings. The van der Waals surface area contributed by atoms with E-state index in [0.29, 0.717) is 10.8 Å². The summed E-state index contributed by atoms with van der Waals surface area (Å²) >= 11 is 9.72. The Morgan fingerprint density at radius 2 is 1.77 bits per heavy atom. The lowest BCUT2D eigenvalue weighted by Gasteiger charge is -2.27. The fraction of sp³-hybridized carbons (Fsp3) is 0.360. The molecule has 2 N–H and O–H groups in total. The van der Waals surface area contributed by atoms with Gasteiger partial charge in [0, 0.05) is 14.9 Å². The first kappa shape index (κ1) is 23.9. The summed E-state index contributed by atoms with van der Waals surface area (Å²) in [7, 11) is 0. The Morgan fingerprint density at radius 3 is 2.45 bits per heavy atom. The fourth-order valence-electron chi connectivity index (χ4n) is 3.70. The van der Waals surface area contributed by atoms with Crippen molar-refractivity contribution in [1.82, 2.24) is 14.9 Å². The lowest BCUT2D eigenvalue weighted by atomic mass is 9.90. The number of aromatic nitrogens is 2. The second-order valence-corrected chi connectivity index (χ2v) is 9.38. The summed E-state index contributed by atoms with van der Waals surface area (Å²) in [4.78, 5) is 12.0. The van der Waals surface area contributed by atoms with Crippen LogP contribution < -0.4 is 5.73 Å². The van der Waals surface area contributed by atoms with Crippen molar-refractivity contribution in [3.8, 4) is 0 Å². The molecule has 1 heterocycles. The van der Waals surface area contributed by atoms with E-state index in [1.54, 1.807) is 0 Å². The lowest BCUT2D eigenvalue weighted by Crippen LogP contribution is -2.36. The van der Waals surface area contributed by atoms with E-state index >= 15 is 0 Å². The second-order valence-electron chi connectivity index (χ2n) is 8.02. The van der Waals surface area contributed by atoms with Crippen molar-refractivity contribution in [3.63, 3.8) is 0 Å². The maximum atomic E-state index is 6.83. The summed E-state index contributed by atoms with van der Waals surface area (Å²) < 4.78 is 1.05. The molecule has 164 valence electrons. The predicted molar refractivity (Wildman–Crippen MR) is 136 cm³/mol. The highest BCUT2D eigenvalue weighted by Crippen LogP contribution is 2.30. The van der Waals surface area contributed by atoms with Gasteiger partial charge in [-0.05, 0) is 81.4 Å². The zero-order valence-corrected chi connectivity index (χ0v) is 20.7. The first-order valence-corrected chi connectivity index (χ1v) is 11.9. The van der Waals surface area contributed by atoms with Crippen LogP contribution in [-0.2, 0) is 5.54 Å². The number of hydrogen-bond donors (Lipinski definition) is 1. The molecule has 0 saturated heterocycles. The zero-order chi connectivity index (χ0) is 22.4. The molecule has 2 aromatic carbocycles. The minimum Gasteiger partial charge on any atom is -0.320 e. The highest BCUT2D eigenvalue weighted by molar-refractivity contribution is 9.10. The Kier molecular flexibility index (Phi) is 8.23. The number of rotatable bonds is 9. The van der Waals surface area contributed by atoms with Crippen LogP contribution in [0, 0.1) is 0 Å². The summed E-state index contributed by atoms with van der Waals surface area (Å²) in [6.45, 7) is 9.59. The van der Waals surface area contributed by atoms with Crippen molar-refractivity contribution < 1.29 is 0 Å². The van der Waals surface area contributed by atoms with Crippen molar-refractivity contribution in [2.45, 2.75) is 39.2 Å². The van der Waals surface area contributed by atoms with Crippen molar-refractivity contribution >= 4 is 50.6 Å². The molecule has 1 atom stereocenters. The van der Waals surface area contributed by atoms with Gasteiger partial charge in [0.2, 0.25) is 0 Å². The molecule has 1 unspecified atom stereocenters. The highest BCUT2D eigenvalue weighted by atomic mass is 79.9. The van der Waals surface area contributed by atoms with E-state index in [9.17, 15) is 0 Å². The lowest BCUT2D eigenvalue weighted by molar-refractivity contribution is 0.280. The van der Waals surface area contributed by atoms with E-state index in [-0.39, 0.29) is 0 Å². The first-order valence-electron chi connectivity index (χ1n) is 10.7. The third kappa shape index (κ3) is 6.36. The third-order valence-corrected chi connectivity index (χ3v) is 6.34. The number of hydrogen-bond acceptors (Lipinski definition) is 4. The van der Waals surface area contributed by atoms with Gasteiger partial charge in [0.15, 0.2) is 5.82 Å². The Bertz CT molecular complexity index is 1040. The number of halogens is 2. The molecule has 0 aliphatic heterocycles. The van der Waals surface area contributed by atoms with Crippen molar-refractivity contribution in [2.75, 3.05) is 19.6 Å². The van der Waals surface area contributed by atoms with Gasteiger partial charge >= 0.3 is 0 Å². The summed E-state index contributed by atoms with van der Waals surface area (Å²) in [5, 5.41) is 1.61. The van der Waals surface area contributed by atoms with Gasteiger partial charge in [0.05, 0.1) is 16.7 Å². The van der Waals surface area contributed by atoms with Gasteiger partial charge in [-0.15, -0.1) is 0 Å². The summed E-state index contributed by atoms with van der Waals surface area (Å²) in [6, 6.07) is 13.8. The monoisotopic (exact) mass is 500 g/mol. The first-order chi connectivity index (χ1) is 14.8. The van der Waals surface area contributed by atoms with Crippen molar-refractivity contribution in [1.29, 1.82) is 0 Å². The molecule has 1 aromatic heterocycles. The maximum Gasteiger partial charge on any atom is 0.152 e. The van der Waals surface area contributed by atoms with Gasteiger partial charge in [0.25, 0.3) is 0 Å². The van der Waals surface area contributed by atoms with Crippen molar-refractivity contribution in [3.05, 3.63) is 69.0 Å². The molecule has 6 heteroatoms. The Balaban J connectivity index is 1.94. The third-order valence-electron chi connectivity index (χ3n) is 5.58. The van der Waals surface area contributed by atoms with E-state index in [2.05, 4.69) is 41.6 Å². The summed E-state index contributed by atoms with van der Waals surface area (Å²) in [5.74, 6) is 0.633. The van der Waals surface area contributed by atoms with Crippen LogP contribution in [0.4, 0.5) is 0 Å². The average Bonchev–Trinajstić information content (AvgIpc) is 2.75. The van der Waals surface area contributed by atoms with Crippen LogP contribution in [0.1, 0.15) is 50.7 Å². The normalized spacial score (nSPS) is 13.9. The van der Waals surface area contributed by atoms with E-state index in [4.69, 9.17) is 27.3 Å². The van der Waals surface area contributed by atoms with Crippen LogP contribution in [0.5, 0.6) is 0 Å². The molecule has 0 bridgehead atoms. The standard InChI is InChI=1S/C25H30BrClN4/c1-4-31(5-2)16-6-15-25(3,28)24-21-13-12-20(27)17-22(21)29-23(30-24)14-9-18-7-10-19(26)11-8-18/h7-14,17H,4-6,15-16,28H2,1-3H3. The van der Waals surface area contributed by atoms with E-state index in [1.807, 2.05) is 54.6 Å². The average molecular weight is 502 g/mol. The minimum atomic E-state index is -0.567. The topological polar surface area (TPSA) is 55.0 Å². The largest absolute Gasteiger partial charge is 0.320 e. The molecule has 31 heavy (non-hydrogen) atoms. The maximum absolute atomic E-state index is 6.83. The van der Waals surface area contributed by atoms with Gasteiger partial charge in [-0.1, -0.05) is 59.6 Å². The van der Waals surface area contributed by atoms with E-state index in [0.717, 1.165) is 59.1 Å².